The highest BCUT2D eigenvalue weighted by atomic mass is 16.5. The van der Waals surface area contributed by atoms with Gasteiger partial charge in [0.25, 0.3) is 5.91 Å². The van der Waals surface area contributed by atoms with Gasteiger partial charge in [-0.25, -0.2) is 4.79 Å². The maximum Gasteiger partial charge on any atom is 0.341 e. The van der Waals surface area contributed by atoms with Crippen LogP contribution in [0.15, 0.2) is 18.2 Å². The van der Waals surface area contributed by atoms with Crippen molar-refractivity contribution in [1.82, 2.24) is 0 Å². The smallest absolute Gasteiger partial charge is 0.341 e. The minimum atomic E-state index is -0.853. The Labute approximate surface area is 155 Å². The summed E-state index contributed by atoms with van der Waals surface area (Å²) in [4.78, 5) is 24.9. The van der Waals surface area contributed by atoms with E-state index in [1.165, 1.54) is 7.11 Å². The van der Waals surface area contributed by atoms with Gasteiger partial charge in [0, 0.05) is 12.3 Å². The number of ether oxygens (including phenoxy) is 3. The Kier molecular flexibility index (Phi) is 6.64. The van der Waals surface area contributed by atoms with Gasteiger partial charge >= 0.3 is 5.97 Å². The van der Waals surface area contributed by atoms with E-state index < -0.39 is 11.6 Å². The standard InChI is InChI=1S/C20H29NO5/c1-6-11-25-20(4,14-7-8-14)19(23)21-15-9-10-17(26-13(2)3)16(12-15)18(22)24-5/h9-10,12-14H,6-8,11H2,1-5H3,(H,21,23)/t20-/m1/s1. The van der Waals surface area contributed by atoms with Gasteiger partial charge in [0.15, 0.2) is 0 Å². The molecule has 6 heteroatoms. The highest BCUT2D eigenvalue weighted by molar-refractivity contribution is 6.00. The van der Waals surface area contributed by atoms with Crippen LogP contribution in [-0.2, 0) is 14.3 Å². The minimum Gasteiger partial charge on any atom is -0.490 e. The topological polar surface area (TPSA) is 73.9 Å². The van der Waals surface area contributed by atoms with E-state index >= 15 is 0 Å². The number of amides is 1. The summed E-state index contributed by atoms with van der Waals surface area (Å²) >= 11 is 0. The van der Waals surface area contributed by atoms with Crippen LogP contribution in [0.25, 0.3) is 0 Å². The van der Waals surface area contributed by atoms with E-state index in [1.54, 1.807) is 18.2 Å². The largest absolute Gasteiger partial charge is 0.490 e. The summed E-state index contributed by atoms with van der Waals surface area (Å²) in [5, 5.41) is 2.89. The highest BCUT2D eigenvalue weighted by Crippen LogP contribution is 2.42. The van der Waals surface area contributed by atoms with E-state index in [2.05, 4.69) is 5.32 Å². The van der Waals surface area contributed by atoms with Crippen molar-refractivity contribution in [3.63, 3.8) is 0 Å². The molecule has 144 valence electrons. The van der Waals surface area contributed by atoms with E-state index in [9.17, 15) is 9.59 Å². The SMILES string of the molecule is CCCO[C@@](C)(C(=O)Nc1ccc(OC(C)C)c(C(=O)OC)c1)C1CC1. The zero-order chi connectivity index (χ0) is 19.3. The monoisotopic (exact) mass is 363 g/mol. The van der Waals surface area contributed by atoms with Crippen molar-refractivity contribution in [2.24, 2.45) is 5.92 Å². The summed E-state index contributed by atoms with van der Waals surface area (Å²) in [6.07, 6.45) is 2.74. The summed E-state index contributed by atoms with van der Waals surface area (Å²) < 4.78 is 16.4. The average molecular weight is 363 g/mol. The number of hydrogen-bond donors (Lipinski definition) is 1. The van der Waals surface area contributed by atoms with Crippen molar-refractivity contribution in [1.29, 1.82) is 0 Å². The van der Waals surface area contributed by atoms with Gasteiger partial charge in [-0.05, 0) is 64.2 Å². The molecule has 0 aromatic heterocycles. The molecule has 0 aliphatic heterocycles. The first kappa shape index (κ1) is 20.2. The molecule has 1 aliphatic rings. The van der Waals surface area contributed by atoms with E-state index in [1.807, 2.05) is 27.7 Å². The quantitative estimate of drug-likeness (QED) is 0.676. The molecule has 1 aliphatic carbocycles. The number of esters is 1. The number of methoxy groups -OCH3 is 1. The van der Waals surface area contributed by atoms with Crippen LogP contribution < -0.4 is 10.1 Å². The Morgan fingerprint density at radius 3 is 2.54 bits per heavy atom. The van der Waals surface area contributed by atoms with Crippen LogP contribution in [-0.4, -0.2) is 37.3 Å². The molecule has 1 aromatic carbocycles. The van der Waals surface area contributed by atoms with Crippen molar-refractivity contribution in [2.75, 3.05) is 19.0 Å². The van der Waals surface area contributed by atoms with Crippen LogP contribution in [0.4, 0.5) is 5.69 Å². The fourth-order valence-corrected chi connectivity index (χ4v) is 2.81. The van der Waals surface area contributed by atoms with Crippen LogP contribution in [0.1, 0.15) is 57.3 Å². The fourth-order valence-electron chi connectivity index (χ4n) is 2.81. The van der Waals surface area contributed by atoms with E-state index in [-0.39, 0.29) is 23.5 Å². The van der Waals surface area contributed by atoms with Crippen LogP contribution in [0.5, 0.6) is 5.75 Å². The summed E-state index contributed by atoms with van der Waals surface area (Å²) in [7, 11) is 1.31. The van der Waals surface area contributed by atoms with Crippen LogP contribution in [0.2, 0.25) is 0 Å². The number of anilines is 1. The summed E-state index contributed by atoms with van der Waals surface area (Å²) in [6.45, 7) is 8.15. The van der Waals surface area contributed by atoms with E-state index in [0.29, 0.717) is 18.0 Å². The second kappa shape index (κ2) is 8.54. The first-order valence-electron chi connectivity index (χ1n) is 9.16. The lowest BCUT2D eigenvalue weighted by atomic mass is 9.98. The fraction of sp³-hybridized carbons (Fsp3) is 0.600. The lowest BCUT2D eigenvalue weighted by Gasteiger charge is -2.28. The van der Waals surface area contributed by atoms with Crippen molar-refractivity contribution in [3.05, 3.63) is 23.8 Å². The van der Waals surface area contributed by atoms with Gasteiger partial charge in [0.2, 0.25) is 0 Å². The van der Waals surface area contributed by atoms with Crippen molar-refractivity contribution in [3.8, 4) is 5.75 Å². The van der Waals surface area contributed by atoms with Crippen LogP contribution >= 0.6 is 0 Å². The van der Waals surface area contributed by atoms with E-state index in [0.717, 1.165) is 19.3 Å². The Morgan fingerprint density at radius 2 is 2.00 bits per heavy atom. The van der Waals surface area contributed by atoms with Gasteiger partial charge in [-0.15, -0.1) is 0 Å². The third-order valence-corrected chi connectivity index (χ3v) is 4.42. The molecule has 0 heterocycles. The Bertz CT molecular complexity index is 654. The Morgan fingerprint density at radius 1 is 1.31 bits per heavy atom. The van der Waals surface area contributed by atoms with Gasteiger partial charge in [-0.1, -0.05) is 6.92 Å². The number of hydrogen-bond acceptors (Lipinski definition) is 5. The average Bonchev–Trinajstić information content (AvgIpc) is 3.45. The van der Waals surface area contributed by atoms with Gasteiger partial charge < -0.3 is 19.5 Å². The third kappa shape index (κ3) is 4.75. The van der Waals surface area contributed by atoms with Crippen molar-refractivity contribution < 1.29 is 23.8 Å². The van der Waals surface area contributed by atoms with Gasteiger partial charge in [-0.2, -0.15) is 0 Å². The van der Waals surface area contributed by atoms with Gasteiger partial charge in [-0.3, -0.25) is 4.79 Å². The van der Waals surface area contributed by atoms with Gasteiger partial charge in [0.1, 0.15) is 16.9 Å². The highest BCUT2D eigenvalue weighted by Gasteiger charge is 2.48. The molecule has 1 aromatic rings. The molecule has 1 N–H and O–H groups in total. The van der Waals surface area contributed by atoms with Gasteiger partial charge in [0.05, 0.1) is 13.2 Å². The molecule has 1 fully saturated rings. The maximum atomic E-state index is 12.9. The molecule has 0 radical (unpaired) electrons. The van der Waals surface area contributed by atoms with E-state index in [4.69, 9.17) is 14.2 Å². The Hall–Kier alpha value is -2.08. The lowest BCUT2D eigenvalue weighted by molar-refractivity contribution is -0.142. The number of benzene rings is 1. The first-order chi connectivity index (χ1) is 12.3. The predicted octanol–water partition coefficient (Wildman–Crippen LogP) is 3.79. The number of carbonyl (C=O) groups is 2. The second-order valence-corrected chi connectivity index (χ2v) is 7.05. The lowest BCUT2D eigenvalue weighted by Crippen LogP contribution is -2.45. The van der Waals surface area contributed by atoms with Crippen LogP contribution in [0.3, 0.4) is 0 Å². The molecule has 0 saturated heterocycles. The molecule has 1 amide bonds. The van der Waals surface area contributed by atoms with Crippen LogP contribution in [0, 0.1) is 5.92 Å². The molecule has 26 heavy (non-hydrogen) atoms. The zero-order valence-corrected chi connectivity index (χ0v) is 16.3. The molecule has 0 unspecified atom stereocenters. The predicted molar refractivity (Wildman–Crippen MR) is 99.5 cm³/mol. The maximum absolute atomic E-state index is 12.9. The molecule has 6 nitrogen and oxygen atoms in total. The molecule has 1 atom stereocenters. The number of nitrogens with one attached hydrogen (secondary N) is 1. The van der Waals surface area contributed by atoms with Crippen molar-refractivity contribution >= 4 is 17.6 Å². The second-order valence-electron chi connectivity index (χ2n) is 7.05. The molecule has 0 spiro atoms. The summed E-state index contributed by atoms with van der Waals surface area (Å²) in [5.74, 6) is -0.0413. The Balaban J connectivity index is 2.22. The molecule has 0 bridgehead atoms. The zero-order valence-electron chi connectivity index (χ0n) is 16.3. The number of rotatable bonds is 9. The number of carbonyl (C=O) groups excluding carboxylic acids is 2. The first-order valence-corrected chi connectivity index (χ1v) is 9.16. The molecule has 1 saturated carbocycles. The summed E-state index contributed by atoms with van der Waals surface area (Å²) in [6, 6.07) is 4.97. The molecule has 2 rings (SSSR count). The third-order valence-electron chi connectivity index (χ3n) is 4.42. The normalized spacial score (nSPS) is 16.1. The summed E-state index contributed by atoms with van der Waals surface area (Å²) in [5.41, 5.74) is -0.0609. The van der Waals surface area contributed by atoms with Crippen molar-refractivity contribution in [2.45, 2.75) is 58.7 Å². The molecular formula is C20H29NO5. The molecular weight excluding hydrogens is 334 g/mol. The minimum absolute atomic E-state index is 0.0838.